The number of ether oxygens (including phenoxy) is 1. The van der Waals surface area contributed by atoms with Crippen LogP contribution in [0.1, 0.15) is 39.5 Å². The van der Waals surface area contributed by atoms with Crippen molar-refractivity contribution in [1.82, 2.24) is 5.32 Å². The molecule has 1 N–H and O–H groups in total. The van der Waals surface area contributed by atoms with E-state index in [1.54, 1.807) is 6.92 Å². The van der Waals surface area contributed by atoms with Crippen molar-refractivity contribution in [1.29, 1.82) is 0 Å². The summed E-state index contributed by atoms with van der Waals surface area (Å²) in [5.41, 5.74) is 0. The Labute approximate surface area is 90.4 Å². The van der Waals surface area contributed by atoms with E-state index in [9.17, 15) is 9.59 Å². The summed E-state index contributed by atoms with van der Waals surface area (Å²) in [6.45, 7) is 4.25. The lowest BCUT2D eigenvalue weighted by Gasteiger charge is -2.24. The van der Waals surface area contributed by atoms with Crippen LogP contribution in [0, 0.1) is 0 Å². The first-order valence-electron chi connectivity index (χ1n) is 5.58. The molecule has 1 saturated carbocycles. The summed E-state index contributed by atoms with van der Waals surface area (Å²) in [6.07, 6.45) is 2.34. The van der Waals surface area contributed by atoms with Crippen molar-refractivity contribution < 1.29 is 14.3 Å². The molecule has 1 atom stereocenters. The van der Waals surface area contributed by atoms with E-state index in [0.29, 0.717) is 25.2 Å². The molecule has 0 aliphatic heterocycles. The maximum Gasteiger partial charge on any atom is 0.248 e. The molecule has 0 aromatic heterocycles. The molecule has 0 radical (unpaired) electrons. The highest BCUT2D eigenvalue weighted by molar-refractivity contribution is 5.80. The summed E-state index contributed by atoms with van der Waals surface area (Å²) >= 11 is 0. The number of ketones is 1. The fraction of sp³-hybridized carbons (Fsp3) is 0.818. The Kier molecular flexibility index (Phi) is 4.75. The first-order valence-corrected chi connectivity index (χ1v) is 5.58. The third kappa shape index (κ3) is 4.00. The zero-order valence-corrected chi connectivity index (χ0v) is 9.41. The Bertz CT molecular complexity index is 230. The number of carbonyl (C=O) groups is 2. The predicted molar refractivity (Wildman–Crippen MR) is 56.5 cm³/mol. The van der Waals surface area contributed by atoms with Gasteiger partial charge in [-0.3, -0.25) is 9.59 Å². The van der Waals surface area contributed by atoms with Crippen LogP contribution in [0.4, 0.5) is 0 Å². The van der Waals surface area contributed by atoms with Gasteiger partial charge in [0.1, 0.15) is 11.9 Å². The molecule has 1 aliphatic rings. The first kappa shape index (κ1) is 12.2. The normalized spacial score (nSPS) is 20.0. The number of hydrogen-bond acceptors (Lipinski definition) is 3. The second-order valence-electron chi connectivity index (χ2n) is 3.91. The van der Waals surface area contributed by atoms with Crippen LogP contribution in [0.5, 0.6) is 0 Å². The number of likely N-dealkylation sites (N-methyl/N-ethyl adjacent to an activating group) is 1. The molecule has 1 amide bonds. The van der Waals surface area contributed by atoms with Crippen molar-refractivity contribution >= 4 is 11.7 Å². The van der Waals surface area contributed by atoms with Crippen LogP contribution in [0.25, 0.3) is 0 Å². The number of nitrogens with one attached hydrogen (secondary N) is 1. The van der Waals surface area contributed by atoms with E-state index in [-0.39, 0.29) is 12.0 Å². The molecule has 0 heterocycles. The standard InChI is InChI=1S/C11H19NO3/c1-3-12-11(14)8(2)15-10-6-4-9(13)5-7-10/h8,10H,3-7H2,1-2H3,(H,12,14). The van der Waals surface area contributed by atoms with E-state index in [1.165, 1.54) is 0 Å². The van der Waals surface area contributed by atoms with Gasteiger partial charge in [0.25, 0.3) is 0 Å². The quantitative estimate of drug-likeness (QED) is 0.759. The summed E-state index contributed by atoms with van der Waals surface area (Å²) in [4.78, 5) is 22.4. The van der Waals surface area contributed by atoms with E-state index >= 15 is 0 Å². The monoisotopic (exact) mass is 213 g/mol. The number of rotatable bonds is 4. The Balaban J connectivity index is 2.28. The van der Waals surface area contributed by atoms with E-state index in [2.05, 4.69) is 5.32 Å². The van der Waals surface area contributed by atoms with Crippen LogP contribution in [-0.2, 0) is 14.3 Å². The minimum absolute atomic E-state index is 0.0697. The van der Waals surface area contributed by atoms with Gasteiger partial charge in [0.2, 0.25) is 5.91 Å². The lowest BCUT2D eigenvalue weighted by atomic mass is 9.96. The van der Waals surface area contributed by atoms with Gasteiger partial charge in [0.15, 0.2) is 0 Å². The van der Waals surface area contributed by atoms with Gasteiger partial charge in [0.05, 0.1) is 6.10 Å². The van der Waals surface area contributed by atoms with Crippen LogP contribution in [0.3, 0.4) is 0 Å². The zero-order chi connectivity index (χ0) is 11.3. The van der Waals surface area contributed by atoms with E-state index in [1.807, 2.05) is 6.92 Å². The minimum Gasteiger partial charge on any atom is -0.365 e. The predicted octanol–water partition coefficient (Wildman–Crippen LogP) is 1.04. The molecule has 0 saturated heterocycles. The van der Waals surface area contributed by atoms with Gasteiger partial charge in [-0.2, -0.15) is 0 Å². The molecule has 4 heteroatoms. The Morgan fingerprint density at radius 1 is 1.53 bits per heavy atom. The molecule has 0 aromatic carbocycles. The summed E-state index contributed by atoms with van der Waals surface area (Å²) in [5, 5.41) is 2.71. The average Bonchev–Trinajstić information content (AvgIpc) is 2.22. The fourth-order valence-corrected chi connectivity index (χ4v) is 1.72. The average molecular weight is 213 g/mol. The lowest BCUT2D eigenvalue weighted by Crippen LogP contribution is -2.37. The second-order valence-corrected chi connectivity index (χ2v) is 3.91. The van der Waals surface area contributed by atoms with Crippen LogP contribution >= 0.6 is 0 Å². The topological polar surface area (TPSA) is 55.4 Å². The first-order chi connectivity index (χ1) is 7.13. The molecule has 0 spiro atoms. The van der Waals surface area contributed by atoms with Gasteiger partial charge < -0.3 is 10.1 Å². The molecule has 1 unspecified atom stereocenters. The smallest absolute Gasteiger partial charge is 0.248 e. The molecule has 0 bridgehead atoms. The third-order valence-corrected chi connectivity index (χ3v) is 2.61. The molecule has 1 fully saturated rings. The highest BCUT2D eigenvalue weighted by Crippen LogP contribution is 2.19. The van der Waals surface area contributed by atoms with Crippen molar-refractivity contribution in [3.05, 3.63) is 0 Å². The molecule has 1 aliphatic carbocycles. The summed E-state index contributed by atoms with van der Waals surface area (Å²) in [6, 6.07) is 0. The Morgan fingerprint density at radius 2 is 2.13 bits per heavy atom. The van der Waals surface area contributed by atoms with Gasteiger partial charge in [-0.1, -0.05) is 0 Å². The van der Waals surface area contributed by atoms with Crippen molar-refractivity contribution in [3.63, 3.8) is 0 Å². The lowest BCUT2D eigenvalue weighted by molar-refractivity contribution is -0.137. The number of carbonyl (C=O) groups excluding carboxylic acids is 2. The zero-order valence-electron chi connectivity index (χ0n) is 9.41. The fourth-order valence-electron chi connectivity index (χ4n) is 1.72. The van der Waals surface area contributed by atoms with Crippen LogP contribution in [-0.4, -0.2) is 30.4 Å². The van der Waals surface area contributed by atoms with Crippen molar-refractivity contribution in [2.45, 2.75) is 51.7 Å². The maximum atomic E-state index is 11.4. The van der Waals surface area contributed by atoms with E-state index < -0.39 is 6.10 Å². The van der Waals surface area contributed by atoms with E-state index in [4.69, 9.17) is 4.74 Å². The van der Waals surface area contributed by atoms with Crippen molar-refractivity contribution in [2.24, 2.45) is 0 Å². The molecule has 15 heavy (non-hydrogen) atoms. The van der Waals surface area contributed by atoms with Crippen molar-refractivity contribution in [3.8, 4) is 0 Å². The second kappa shape index (κ2) is 5.85. The summed E-state index contributed by atoms with van der Waals surface area (Å²) in [7, 11) is 0. The van der Waals surface area contributed by atoms with Crippen molar-refractivity contribution in [2.75, 3.05) is 6.54 Å². The molecule has 1 rings (SSSR count). The minimum atomic E-state index is -0.414. The van der Waals surface area contributed by atoms with Gasteiger partial charge in [-0.15, -0.1) is 0 Å². The molecule has 0 aromatic rings. The maximum absolute atomic E-state index is 11.4. The molecule has 4 nitrogen and oxygen atoms in total. The van der Waals surface area contributed by atoms with Crippen LogP contribution < -0.4 is 5.32 Å². The van der Waals surface area contributed by atoms with E-state index in [0.717, 1.165) is 12.8 Å². The van der Waals surface area contributed by atoms with Gasteiger partial charge in [-0.05, 0) is 26.7 Å². The van der Waals surface area contributed by atoms with Gasteiger partial charge >= 0.3 is 0 Å². The number of amides is 1. The Hall–Kier alpha value is -0.900. The van der Waals surface area contributed by atoms with Crippen LogP contribution in [0.2, 0.25) is 0 Å². The largest absolute Gasteiger partial charge is 0.365 e. The summed E-state index contributed by atoms with van der Waals surface area (Å²) in [5.74, 6) is 0.231. The molecule has 86 valence electrons. The summed E-state index contributed by atoms with van der Waals surface area (Å²) < 4.78 is 5.59. The molecular formula is C11H19NO3. The molecular weight excluding hydrogens is 194 g/mol. The number of hydrogen-bond donors (Lipinski definition) is 1. The number of Topliss-reactive ketones (excluding diaryl/α,β-unsaturated/α-hetero) is 1. The highest BCUT2D eigenvalue weighted by atomic mass is 16.5. The van der Waals surface area contributed by atoms with Gasteiger partial charge in [0, 0.05) is 19.4 Å². The SMILES string of the molecule is CCNC(=O)C(C)OC1CCC(=O)CC1. The third-order valence-electron chi connectivity index (χ3n) is 2.61. The van der Waals surface area contributed by atoms with Crippen LogP contribution in [0.15, 0.2) is 0 Å². The highest BCUT2D eigenvalue weighted by Gasteiger charge is 2.23. The Morgan fingerprint density at radius 3 is 2.67 bits per heavy atom. The van der Waals surface area contributed by atoms with Gasteiger partial charge in [-0.25, -0.2) is 0 Å².